The SMILES string of the molecule is C=CCOc1ccc(/C=N/NC(=O)c2cc3cc([N+](=O)[O-])ccc3o2)cc1OCC. The van der Waals surface area contributed by atoms with Crippen molar-refractivity contribution in [2.24, 2.45) is 5.10 Å². The lowest BCUT2D eigenvalue weighted by atomic mass is 10.2. The molecule has 3 rings (SSSR count). The molecule has 1 amide bonds. The number of hydrogen-bond donors (Lipinski definition) is 1. The monoisotopic (exact) mass is 409 g/mol. The fourth-order valence-electron chi connectivity index (χ4n) is 2.62. The number of fused-ring (bicyclic) bond motifs is 1. The van der Waals surface area contributed by atoms with Crippen molar-refractivity contribution < 1.29 is 23.6 Å². The van der Waals surface area contributed by atoms with Crippen molar-refractivity contribution in [2.75, 3.05) is 13.2 Å². The first-order valence-corrected chi connectivity index (χ1v) is 9.03. The molecular formula is C21H19N3O6. The fourth-order valence-corrected chi connectivity index (χ4v) is 2.62. The van der Waals surface area contributed by atoms with Crippen LogP contribution < -0.4 is 14.9 Å². The molecule has 0 bridgehead atoms. The van der Waals surface area contributed by atoms with Crippen LogP contribution in [0.1, 0.15) is 23.0 Å². The van der Waals surface area contributed by atoms with E-state index in [0.29, 0.717) is 41.2 Å². The normalized spacial score (nSPS) is 10.8. The lowest BCUT2D eigenvalue weighted by Crippen LogP contribution is -2.16. The Morgan fingerprint density at radius 3 is 2.80 bits per heavy atom. The third-order valence-electron chi connectivity index (χ3n) is 3.94. The van der Waals surface area contributed by atoms with Crippen molar-refractivity contribution in [1.82, 2.24) is 5.43 Å². The molecule has 0 aliphatic rings. The molecular weight excluding hydrogens is 390 g/mol. The summed E-state index contributed by atoms with van der Waals surface area (Å²) in [6, 6.07) is 10.7. The molecule has 0 spiro atoms. The van der Waals surface area contributed by atoms with Gasteiger partial charge in [0.25, 0.3) is 5.69 Å². The van der Waals surface area contributed by atoms with E-state index in [0.717, 1.165) is 0 Å². The average molecular weight is 409 g/mol. The molecule has 9 nitrogen and oxygen atoms in total. The fraction of sp³-hybridized carbons (Fsp3) is 0.143. The Morgan fingerprint density at radius 1 is 1.23 bits per heavy atom. The number of amides is 1. The van der Waals surface area contributed by atoms with Gasteiger partial charge >= 0.3 is 5.91 Å². The molecule has 2 aromatic carbocycles. The molecule has 0 aliphatic carbocycles. The first kappa shape index (κ1) is 20.6. The largest absolute Gasteiger partial charge is 0.490 e. The standard InChI is InChI=1S/C21H19N3O6/c1-3-9-29-18-7-5-14(10-19(18)28-4-2)13-22-23-21(25)20-12-15-11-16(24(26)27)6-8-17(15)30-20/h3,5-8,10-13H,1,4,9H2,2H3,(H,23,25)/b22-13+. The van der Waals surface area contributed by atoms with Gasteiger partial charge in [-0.1, -0.05) is 12.7 Å². The van der Waals surface area contributed by atoms with Gasteiger partial charge in [0.05, 0.1) is 17.7 Å². The van der Waals surface area contributed by atoms with Crippen LogP contribution in [0.25, 0.3) is 11.0 Å². The molecule has 154 valence electrons. The quantitative estimate of drug-likeness (QED) is 0.246. The number of nitro groups is 1. The summed E-state index contributed by atoms with van der Waals surface area (Å²) in [6.45, 7) is 6.29. The smallest absolute Gasteiger partial charge is 0.307 e. The minimum atomic E-state index is -0.582. The van der Waals surface area contributed by atoms with E-state index in [1.165, 1.54) is 30.5 Å². The lowest BCUT2D eigenvalue weighted by molar-refractivity contribution is -0.384. The molecule has 1 N–H and O–H groups in total. The molecule has 0 fully saturated rings. The van der Waals surface area contributed by atoms with Crippen molar-refractivity contribution in [1.29, 1.82) is 0 Å². The zero-order valence-corrected chi connectivity index (χ0v) is 16.2. The Bertz CT molecular complexity index is 1120. The third kappa shape index (κ3) is 4.82. The highest BCUT2D eigenvalue weighted by Crippen LogP contribution is 2.28. The predicted molar refractivity (Wildman–Crippen MR) is 111 cm³/mol. The van der Waals surface area contributed by atoms with Crippen molar-refractivity contribution in [3.05, 3.63) is 76.6 Å². The lowest BCUT2D eigenvalue weighted by Gasteiger charge is -2.11. The van der Waals surface area contributed by atoms with Crippen LogP contribution in [-0.4, -0.2) is 30.3 Å². The van der Waals surface area contributed by atoms with Gasteiger partial charge < -0.3 is 13.9 Å². The summed E-state index contributed by atoms with van der Waals surface area (Å²) in [4.78, 5) is 22.6. The molecule has 0 saturated carbocycles. The summed E-state index contributed by atoms with van der Waals surface area (Å²) in [5.74, 6) is 0.537. The number of nitro benzene ring substituents is 1. The summed E-state index contributed by atoms with van der Waals surface area (Å²) in [7, 11) is 0. The van der Waals surface area contributed by atoms with Crippen LogP contribution in [0.2, 0.25) is 0 Å². The van der Waals surface area contributed by atoms with E-state index in [2.05, 4.69) is 17.1 Å². The van der Waals surface area contributed by atoms with Crippen LogP contribution in [0, 0.1) is 10.1 Å². The molecule has 0 saturated heterocycles. The van der Waals surface area contributed by atoms with Crippen LogP contribution in [0.15, 0.2) is 64.6 Å². The maximum absolute atomic E-state index is 12.3. The molecule has 9 heteroatoms. The predicted octanol–water partition coefficient (Wildman–Crippen LogP) is 4.07. The number of nitrogens with zero attached hydrogens (tertiary/aromatic N) is 2. The zero-order valence-electron chi connectivity index (χ0n) is 16.2. The Morgan fingerprint density at radius 2 is 2.07 bits per heavy atom. The maximum atomic E-state index is 12.3. The number of benzene rings is 2. The van der Waals surface area contributed by atoms with Gasteiger partial charge in [-0.3, -0.25) is 14.9 Å². The molecule has 1 heterocycles. The minimum absolute atomic E-state index is 0.00849. The average Bonchev–Trinajstić information content (AvgIpc) is 3.17. The Hall–Kier alpha value is -4.14. The number of hydrogen-bond acceptors (Lipinski definition) is 7. The zero-order chi connectivity index (χ0) is 21.5. The van der Waals surface area contributed by atoms with Crippen LogP contribution in [-0.2, 0) is 0 Å². The second kappa shape index (κ2) is 9.37. The summed E-state index contributed by atoms with van der Waals surface area (Å²) in [5.41, 5.74) is 3.33. The number of carbonyl (C=O) groups is 1. The van der Waals surface area contributed by atoms with E-state index in [1.807, 2.05) is 6.92 Å². The second-order valence-corrected chi connectivity index (χ2v) is 6.03. The first-order chi connectivity index (χ1) is 14.5. The van der Waals surface area contributed by atoms with Gasteiger partial charge in [0.2, 0.25) is 0 Å². The number of rotatable bonds is 9. The molecule has 30 heavy (non-hydrogen) atoms. The van der Waals surface area contributed by atoms with Crippen LogP contribution in [0.3, 0.4) is 0 Å². The Labute approximate surface area is 171 Å². The molecule has 0 atom stereocenters. The van der Waals surface area contributed by atoms with Gasteiger partial charge in [-0.25, -0.2) is 5.43 Å². The van der Waals surface area contributed by atoms with E-state index in [9.17, 15) is 14.9 Å². The van der Waals surface area contributed by atoms with Gasteiger partial charge in [0.15, 0.2) is 17.3 Å². The van der Waals surface area contributed by atoms with Crippen LogP contribution in [0.4, 0.5) is 5.69 Å². The molecule has 0 aliphatic heterocycles. The third-order valence-corrected chi connectivity index (χ3v) is 3.94. The van der Waals surface area contributed by atoms with Gasteiger partial charge in [-0.15, -0.1) is 0 Å². The maximum Gasteiger partial charge on any atom is 0.307 e. The van der Waals surface area contributed by atoms with Gasteiger partial charge in [-0.2, -0.15) is 5.10 Å². The number of ether oxygens (including phenoxy) is 2. The summed E-state index contributed by atoms with van der Waals surface area (Å²) >= 11 is 0. The van der Waals surface area contributed by atoms with Crippen molar-refractivity contribution in [3.63, 3.8) is 0 Å². The highest BCUT2D eigenvalue weighted by Gasteiger charge is 2.14. The summed E-state index contributed by atoms with van der Waals surface area (Å²) < 4.78 is 16.5. The molecule has 0 radical (unpaired) electrons. The second-order valence-electron chi connectivity index (χ2n) is 6.03. The number of nitrogens with one attached hydrogen (secondary N) is 1. The highest BCUT2D eigenvalue weighted by molar-refractivity contribution is 5.97. The van der Waals surface area contributed by atoms with Crippen molar-refractivity contribution in [2.45, 2.75) is 6.92 Å². The van der Waals surface area contributed by atoms with E-state index in [1.54, 1.807) is 24.3 Å². The summed E-state index contributed by atoms with van der Waals surface area (Å²) in [5, 5.41) is 15.2. The van der Waals surface area contributed by atoms with Crippen molar-refractivity contribution in [3.8, 4) is 11.5 Å². The number of hydrazone groups is 1. The van der Waals surface area contributed by atoms with Crippen LogP contribution >= 0.6 is 0 Å². The van der Waals surface area contributed by atoms with E-state index >= 15 is 0 Å². The number of carbonyl (C=O) groups excluding carboxylic acids is 1. The Balaban J connectivity index is 1.70. The minimum Gasteiger partial charge on any atom is -0.490 e. The van der Waals surface area contributed by atoms with Crippen molar-refractivity contribution >= 4 is 28.8 Å². The van der Waals surface area contributed by atoms with E-state index < -0.39 is 10.8 Å². The molecule has 1 aromatic heterocycles. The highest BCUT2D eigenvalue weighted by atomic mass is 16.6. The summed E-state index contributed by atoms with van der Waals surface area (Å²) in [6.07, 6.45) is 3.09. The van der Waals surface area contributed by atoms with Gasteiger partial charge in [-0.05, 0) is 42.8 Å². The van der Waals surface area contributed by atoms with Gasteiger partial charge in [0, 0.05) is 17.5 Å². The first-order valence-electron chi connectivity index (χ1n) is 9.03. The molecule has 3 aromatic rings. The topological polar surface area (TPSA) is 116 Å². The van der Waals surface area contributed by atoms with E-state index in [4.69, 9.17) is 13.9 Å². The van der Waals surface area contributed by atoms with E-state index in [-0.39, 0.29) is 11.4 Å². The number of non-ortho nitro benzene ring substituents is 1. The van der Waals surface area contributed by atoms with Crippen LogP contribution in [0.5, 0.6) is 11.5 Å². The Kier molecular flexibility index (Phi) is 6.43. The van der Waals surface area contributed by atoms with Gasteiger partial charge in [0.1, 0.15) is 12.2 Å². The number of furan rings is 1. The molecule has 0 unspecified atom stereocenters.